The molecule has 0 radical (unpaired) electrons. The molecular formula is C16H22FNO2. The minimum atomic E-state index is -1.08. The summed E-state index contributed by atoms with van der Waals surface area (Å²) < 4.78 is 13.5. The van der Waals surface area contributed by atoms with Gasteiger partial charge in [-0.1, -0.05) is 25.7 Å². The zero-order valence-corrected chi connectivity index (χ0v) is 11.9. The van der Waals surface area contributed by atoms with Gasteiger partial charge in [-0.2, -0.15) is 0 Å². The van der Waals surface area contributed by atoms with Crippen LogP contribution in [0.1, 0.15) is 54.4 Å². The molecule has 0 unspecified atom stereocenters. The third-order valence-electron chi connectivity index (χ3n) is 4.08. The van der Waals surface area contributed by atoms with E-state index in [1.165, 1.54) is 44.6 Å². The van der Waals surface area contributed by atoms with E-state index in [9.17, 15) is 9.18 Å². The van der Waals surface area contributed by atoms with Crippen molar-refractivity contribution in [3.8, 4) is 0 Å². The Balaban J connectivity index is 2.06. The fourth-order valence-electron chi connectivity index (χ4n) is 2.98. The summed E-state index contributed by atoms with van der Waals surface area (Å²) in [6.45, 7) is 0.600. The topological polar surface area (TPSA) is 40.5 Å². The molecular weight excluding hydrogens is 257 g/mol. The second-order valence-electron chi connectivity index (χ2n) is 5.71. The molecule has 110 valence electrons. The third kappa shape index (κ3) is 4.04. The van der Waals surface area contributed by atoms with E-state index in [1.807, 2.05) is 7.05 Å². The molecule has 1 N–H and O–H groups in total. The first-order valence-corrected chi connectivity index (χ1v) is 7.29. The van der Waals surface area contributed by atoms with Gasteiger partial charge in [0.1, 0.15) is 5.82 Å². The quantitative estimate of drug-likeness (QED) is 0.855. The summed E-state index contributed by atoms with van der Waals surface area (Å²) >= 11 is 0. The first kappa shape index (κ1) is 15.0. The number of hydrogen-bond acceptors (Lipinski definition) is 2. The van der Waals surface area contributed by atoms with Crippen molar-refractivity contribution < 1.29 is 14.3 Å². The lowest BCUT2D eigenvalue weighted by molar-refractivity contribution is 0.0696. The normalized spacial score (nSPS) is 17.1. The van der Waals surface area contributed by atoms with Gasteiger partial charge < -0.3 is 5.11 Å². The van der Waals surface area contributed by atoms with Gasteiger partial charge in [0, 0.05) is 12.6 Å². The Hall–Kier alpha value is -1.42. The van der Waals surface area contributed by atoms with Gasteiger partial charge in [0.05, 0.1) is 5.56 Å². The van der Waals surface area contributed by atoms with Gasteiger partial charge in [-0.05, 0) is 43.7 Å². The molecule has 4 heteroatoms. The molecule has 1 fully saturated rings. The molecule has 1 saturated carbocycles. The molecule has 2 rings (SSSR count). The molecule has 20 heavy (non-hydrogen) atoms. The van der Waals surface area contributed by atoms with Crippen molar-refractivity contribution in [3.05, 3.63) is 35.1 Å². The van der Waals surface area contributed by atoms with Gasteiger partial charge >= 0.3 is 5.97 Å². The molecule has 1 aromatic rings. The van der Waals surface area contributed by atoms with Crippen LogP contribution in [-0.4, -0.2) is 29.1 Å². The van der Waals surface area contributed by atoms with Crippen LogP contribution in [-0.2, 0) is 6.54 Å². The van der Waals surface area contributed by atoms with Crippen LogP contribution in [0.2, 0.25) is 0 Å². The average Bonchev–Trinajstić information content (AvgIpc) is 2.66. The summed E-state index contributed by atoms with van der Waals surface area (Å²) in [6.07, 6.45) is 7.45. The molecule has 0 aromatic heterocycles. The highest BCUT2D eigenvalue weighted by Crippen LogP contribution is 2.22. The van der Waals surface area contributed by atoms with Crippen molar-refractivity contribution in [2.75, 3.05) is 7.05 Å². The first-order valence-electron chi connectivity index (χ1n) is 7.29. The summed E-state index contributed by atoms with van der Waals surface area (Å²) in [5.74, 6) is -1.56. The van der Waals surface area contributed by atoms with Crippen molar-refractivity contribution in [1.82, 2.24) is 4.90 Å². The highest BCUT2D eigenvalue weighted by molar-refractivity contribution is 5.87. The van der Waals surface area contributed by atoms with Crippen molar-refractivity contribution >= 4 is 5.97 Å². The Morgan fingerprint density at radius 2 is 1.90 bits per heavy atom. The van der Waals surface area contributed by atoms with E-state index in [2.05, 4.69) is 4.90 Å². The van der Waals surface area contributed by atoms with E-state index in [0.717, 1.165) is 11.6 Å². The maximum absolute atomic E-state index is 13.5. The maximum Gasteiger partial charge on any atom is 0.335 e. The fraction of sp³-hybridized carbons (Fsp3) is 0.562. The Morgan fingerprint density at radius 1 is 1.25 bits per heavy atom. The minimum Gasteiger partial charge on any atom is -0.478 e. The molecule has 0 saturated heterocycles. The summed E-state index contributed by atoms with van der Waals surface area (Å²) in [5.41, 5.74) is 0.753. The van der Waals surface area contributed by atoms with E-state index >= 15 is 0 Å². The number of aromatic carboxylic acids is 1. The van der Waals surface area contributed by atoms with E-state index in [-0.39, 0.29) is 5.56 Å². The monoisotopic (exact) mass is 279 g/mol. The predicted octanol–water partition coefficient (Wildman–Crippen LogP) is 3.68. The zero-order chi connectivity index (χ0) is 14.5. The first-order chi connectivity index (χ1) is 9.56. The number of halogens is 1. The Kier molecular flexibility index (Phi) is 5.12. The molecule has 0 aliphatic heterocycles. The van der Waals surface area contributed by atoms with Gasteiger partial charge in [-0.3, -0.25) is 4.90 Å². The van der Waals surface area contributed by atoms with Crippen LogP contribution in [0.25, 0.3) is 0 Å². The number of carbonyl (C=O) groups is 1. The van der Waals surface area contributed by atoms with Gasteiger partial charge in [-0.15, -0.1) is 0 Å². The Labute approximate surface area is 119 Å². The molecule has 3 nitrogen and oxygen atoms in total. The minimum absolute atomic E-state index is 0.0225. The Morgan fingerprint density at radius 3 is 2.50 bits per heavy atom. The van der Waals surface area contributed by atoms with Crippen LogP contribution in [0, 0.1) is 5.82 Å². The smallest absolute Gasteiger partial charge is 0.335 e. The number of hydrogen-bond donors (Lipinski definition) is 1. The zero-order valence-electron chi connectivity index (χ0n) is 11.9. The van der Waals surface area contributed by atoms with Gasteiger partial charge in [0.15, 0.2) is 0 Å². The lowest BCUT2D eigenvalue weighted by Gasteiger charge is -2.27. The van der Waals surface area contributed by atoms with Gasteiger partial charge in [0.25, 0.3) is 0 Å². The third-order valence-corrected chi connectivity index (χ3v) is 4.08. The van der Waals surface area contributed by atoms with Gasteiger partial charge in [0.2, 0.25) is 0 Å². The number of nitrogens with zero attached hydrogens (tertiary/aromatic N) is 1. The molecule has 0 amide bonds. The molecule has 0 bridgehead atoms. The number of carboxylic acid groups (broad SMARTS) is 1. The van der Waals surface area contributed by atoms with Crippen LogP contribution in [0.3, 0.4) is 0 Å². The van der Waals surface area contributed by atoms with Crippen LogP contribution in [0.4, 0.5) is 4.39 Å². The maximum atomic E-state index is 13.5. The molecule has 1 aliphatic carbocycles. The van der Waals surface area contributed by atoms with Crippen molar-refractivity contribution in [2.45, 2.75) is 51.1 Å². The summed E-state index contributed by atoms with van der Waals surface area (Å²) in [7, 11) is 2.04. The fourth-order valence-corrected chi connectivity index (χ4v) is 2.98. The van der Waals surface area contributed by atoms with E-state index < -0.39 is 11.8 Å². The van der Waals surface area contributed by atoms with E-state index in [4.69, 9.17) is 5.11 Å². The van der Waals surface area contributed by atoms with Crippen molar-refractivity contribution in [1.29, 1.82) is 0 Å². The number of benzene rings is 1. The van der Waals surface area contributed by atoms with Crippen LogP contribution >= 0.6 is 0 Å². The molecule has 1 aliphatic rings. The summed E-state index contributed by atoms with van der Waals surface area (Å²) in [6, 6.07) is 4.59. The number of carboxylic acids is 1. The molecule has 0 heterocycles. The molecule has 0 atom stereocenters. The lowest BCUT2D eigenvalue weighted by atomic mass is 10.1. The summed E-state index contributed by atoms with van der Waals surface area (Å²) in [5, 5.41) is 8.97. The number of rotatable bonds is 4. The SMILES string of the molecule is CN(Cc1cc(F)cc(C(=O)O)c1)C1CCCCCC1. The van der Waals surface area contributed by atoms with Crippen molar-refractivity contribution in [2.24, 2.45) is 0 Å². The second-order valence-corrected chi connectivity index (χ2v) is 5.71. The lowest BCUT2D eigenvalue weighted by Crippen LogP contribution is -2.30. The average molecular weight is 279 g/mol. The van der Waals surface area contributed by atoms with Crippen molar-refractivity contribution in [3.63, 3.8) is 0 Å². The van der Waals surface area contributed by atoms with Crippen LogP contribution in [0.5, 0.6) is 0 Å². The van der Waals surface area contributed by atoms with Crippen LogP contribution in [0.15, 0.2) is 18.2 Å². The Bertz CT molecular complexity index is 468. The van der Waals surface area contributed by atoms with E-state index in [1.54, 1.807) is 6.07 Å². The predicted molar refractivity (Wildman–Crippen MR) is 76.3 cm³/mol. The second kappa shape index (κ2) is 6.84. The van der Waals surface area contributed by atoms with E-state index in [0.29, 0.717) is 12.6 Å². The standard InChI is InChI=1S/C16H22FNO2/c1-18(15-6-4-2-3-5-7-15)11-12-8-13(16(19)20)10-14(17)9-12/h8-10,15H,2-7,11H2,1H3,(H,19,20). The van der Waals surface area contributed by atoms with Gasteiger partial charge in [-0.25, -0.2) is 9.18 Å². The summed E-state index contributed by atoms with van der Waals surface area (Å²) in [4.78, 5) is 13.2. The van der Waals surface area contributed by atoms with Crippen LogP contribution < -0.4 is 0 Å². The molecule has 1 aromatic carbocycles. The highest BCUT2D eigenvalue weighted by atomic mass is 19.1. The molecule has 0 spiro atoms. The largest absolute Gasteiger partial charge is 0.478 e. The highest BCUT2D eigenvalue weighted by Gasteiger charge is 2.17.